The van der Waals surface area contributed by atoms with Crippen molar-refractivity contribution < 1.29 is 23.9 Å². The number of aromatic nitrogens is 2. The topological polar surface area (TPSA) is 132 Å². The molecule has 0 unspecified atom stereocenters. The Balaban J connectivity index is 1.52. The number of rotatable bonds is 5. The molecule has 0 saturated carbocycles. The van der Waals surface area contributed by atoms with Crippen LogP contribution in [0.3, 0.4) is 0 Å². The van der Waals surface area contributed by atoms with Crippen LogP contribution in [0.1, 0.15) is 19.8 Å². The number of ether oxygens (including phenoxy) is 2. The van der Waals surface area contributed by atoms with E-state index in [1.807, 2.05) is 0 Å². The highest BCUT2D eigenvalue weighted by Crippen LogP contribution is 2.23. The maximum Gasteiger partial charge on any atom is 0.327 e. The lowest BCUT2D eigenvalue weighted by Crippen LogP contribution is -2.40. The molecule has 0 aromatic carbocycles. The average Bonchev–Trinajstić information content (AvgIpc) is 2.70. The predicted octanol–water partition coefficient (Wildman–Crippen LogP) is 2.30. The van der Waals surface area contributed by atoms with E-state index in [0.29, 0.717) is 43.4 Å². The standard InChI is InChI=1S/C19H21N5O5/c1-12(25)22-17-10-14(4-7-20-17)29-15-2-3-16(21-11-15)23-19(27)24-18(26)13-5-8-28-9-6-13/h2-4,7,10-11,13H,5-6,8-9H2,1H3,(H,20,22,25)(H2,21,23,24,26,27). The molecule has 0 bridgehead atoms. The van der Waals surface area contributed by atoms with Gasteiger partial charge in [0.25, 0.3) is 0 Å². The number of hydrogen-bond donors (Lipinski definition) is 3. The zero-order valence-corrected chi connectivity index (χ0v) is 15.8. The summed E-state index contributed by atoms with van der Waals surface area (Å²) < 4.78 is 10.9. The zero-order chi connectivity index (χ0) is 20.6. The molecule has 1 fully saturated rings. The van der Waals surface area contributed by atoms with E-state index in [1.54, 1.807) is 24.3 Å². The molecular weight excluding hydrogens is 378 g/mol. The molecule has 152 valence electrons. The van der Waals surface area contributed by atoms with Crippen molar-refractivity contribution in [2.45, 2.75) is 19.8 Å². The monoisotopic (exact) mass is 399 g/mol. The maximum absolute atomic E-state index is 12.1. The number of carbonyl (C=O) groups is 3. The number of imide groups is 1. The van der Waals surface area contributed by atoms with Gasteiger partial charge in [0.15, 0.2) is 0 Å². The number of anilines is 2. The average molecular weight is 399 g/mol. The van der Waals surface area contributed by atoms with E-state index in [-0.39, 0.29) is 23.6 Å². The number of urea groups is 1. The van der Waals surface area contributed by atoms with Gasteiger partial charge in [0, 0.05) is 38.3 Å². The van der Waals surface area contributed by atoms with Gasteiger partial charge in [0.05, 0.1) is 6.20 Å². The lowest BCUT2D eigenvalue weighted by Gasteiger charge is -2.20. The minimum absolute atomic E-state index is 0.221. The molecule has 3 N–H and O–H groups in total. The van der Waals surface area contributed by atoms with Crippen LogP contribution in [0.25, 0.3) is 0 Å². The first-order valence-corrected chi connectivity index (χ1v) is 9.07. The van der Waals surface area contributed by atoms with Crippen molar-refractivity contribution >= 4 is 29.5 Å². The van der Waals surface area contributed by atoms with Gasteiger partial charge >= 0.3 is 6.03 Å². The molecule has 3 heterocycles. The smallest absolute Gasteiger partial charge is 0.327 e. The van der Waals surface area contributed by atoms with Gasteiger partial charge in [0.1, 0.15) is 23.1 Å². The summed E-state index contributed by atoms with van der Waals surface area (Å²) in [5, 5.41) is 7.39. The van der Waals surface area contributed by atoms with Gasteiger partial charge in [-0.2, -0.15) is 0 Å². The van der Waals surface area contributed by atoms with Crippen LogP contribution in [-0.4, -0.2) is 41.0 Å². The van der Waals surface area contributed by atoms with Crippen LogP contribution in [0, 0.1) is 5.92 Å². The van der Waals surface area contributed by atoms with Crippen LogP contribution in [0.15, 0.2) is 36.7 Å². The van der Waals surface area contributed by atoms with Crippen LogP contribution in [0.2, 0.25) is 0 Å². The third-order valence-corrected chi connectivity index (χ3v) is 4.08. The van der Waals surface area contributed by atoms with Gasteiger partial charge in [0.2, 0.25) is 11.8 Å². The summed E-state index contributed by atoms with van der Waals surface area (Å²) in [4.78, 5) is 43.2. The van der Waals surface area contributed by atoms with Crippen molar-refractivity contribution in [3.8, 4) is 11.5 Å². The first kappa shape index (κ1) is 20.2. The van der Waals surface area contributed by atoms with Crippen LogP contribution >= 0.6 is 0 Å². The molecule has 0 atom stereocenters. The van der Waals surface area contributed by atoms with Gasteiger partial charge in [-0.1, -0.05) is 0 Å². The minimum atomic E-state index is -0.642. The van der Waals surface area contributed by atoms with Crippen molar-refractivity contribution in [3.63, 3.8) is 0 Å². The number of carbonyl (C=O) groups excluding carboxylic acids is 3. The molecule has 10 nitrogen and oxygen atoms in total. The van der Waals surface area contributed by atoms with E-state index < -0.39 is 6.03 Å². The zero-order valence-electron chi connectivity index (χ0n) is 15.8. The van der Waals surface area contributed by atoms with Gasteiger partial charge in [-0.25, -0.2) is 14.8 Å². The first-order valence-electron chi connectivity index (χ1n) is 9.07. The van der Waals surface area contributed by atoms with E-state index >= 15 is 0 Å². The highest BCUT2D eigenvalue weighted by Gasteiger charge is 2.23. The van der Waals surface area contributed by atoms with Crippen molar-refractivity contribution in [3.05, 3.63) is 36.7 Å². The molecule has 0 spiro atoms. The second kappa shape index (κ2) is 9.60. The number of amides is 4. The molecule has 2 aromatic rings. The van der Waals surface area contributed by atoms with Crippen LogP contribution in [-0.2, 0) is 14.3 Å². The third-order valence-electron chi connectivity index (χ3n) is 4.08. The van der Waals surface area contributed by atoms with Crippen molar-refractivity contribution in [1.82, 2.24) is 15.3 Å². The van der Waals surface area contributed by atoms with E-state index in [9.17, 15) is 14.4 Å². The lowest BCUT2D eigenvalue weighted by molar-refractivity contribution is -0.126. The SMILES string of the molecule is CC(=O)Nc1cc(Oc2ccc(NC(=O)NC(=O)C3CCOCC3)nc2)ccn1. The fourth-order valence-corrected chi connectivity index (χ4v) is 2.70. The number of nitrogens with zero attached hydrogens (tertiary/aromatic N) is 2. The second-order valence-electron chi connectivity index (χ2n) is 6.37. The fourth-order valence-electron chi connectivity index (χ4n) is 2.70. The van der Waals surface area contributed by atoms with Crippen molar-refractivity contribution in [2.75, 3.05) is 23.8 Å². The molecule has 4 amide bonds. The molecule has 0 radical (unpaired) electrons. The third kappa shape index (κ3) is 6.25. The Morgan fingerprint density at radius 2 is 1.83 bits per heavy atom. The van der Waals surface area contributed by atoms with Crippen LogP contribution in [0.4, 0.5) is 16.4 Å². The lowest BCUT2D eigenvalue weighted by atomic mass is 10.00. The Hall–Kier alpha value is -3.53. The Kier molecular flexibility index (Phi) is 6.69. The van der Waals surface area contributed by atoms with E-state index in [0.717, 1.165) is 0 Å². The maximum atomic E-state index is 12.1. The molecule has 1 aliphatic heterocycles. The summed E-state index contributed by atoms with van der Waals surface area (Å²) >= 11 is 0. The fraction of sp³-hybridized carbons (Fsp3) is 0.316. The normalized spacial score (nSPS) is 14.0. The summed E-state index contributed by atoms with van der Waals surface area (Å²) in [5.41, 5.74) is 0. The summed E-state index contributed by atoms with van der Waals surface area (Å²) in [6, 6.07) is 5.72. The van der Waals surface area contributed by atoms with Gasteiger partial charge < -0.3 is 14.8 Å². The van der Waals surface area contributed by atoms with E-state index in [4.69, 9.17) is 9.47 Å². The molecule has 1 saturated heterocycles. The molecule has 3 rings (SSSR count). The molecular formula is C19H21N5O5. The Morgan fingerprint density at radius 3 is 2.52 bits per heavy atom. The summed E-state index contributed by atoms with van der Waals surface area (Å²) in [7, 11) is 0. The molecule has 2 aromatic heterocycles. The van der Waals surface area contributed by atoms with Gasteiger partial charge in [-0.15, -0.1) is 0 Å². The van der Waals surface area contributed by atoms with Crippen LogP contribution < -0.4 is 20.7 Å². The molecule has 10 heteroatoms. The first-order chi connectivity index (χ1) is 14.0. The number of hydrogen-bond acceptors (Lipinski definition) is 7. The molecule has 1 aliphatic rings. The Bertz CT molecular complexity index is 881. The highest BCUT2D eigenvalue weighted by atomic mass is 16.5. The van der Waals surface area contributed by atoms with Crippen LogP contribution in [0.5, 0.6) is 11.5 Å². The summed E-state index contributed by atoms with van der Waals surface area (Å²) in [5.74, 6) is 0.746. The molecule has 0 aliphatic carbocycles. The highest BCUT2D eigenvalue weighted by molar-refractivity contribution is 6.01. The predicted molar refractivity (Wildman–Crippen MR) is 104 cm³/mol. The second-order valence-corrected chi connectivity index (χ2v) is 6.37. The van der Waals surface area contributed by atoms with E-state index in [1.165, 1.54) is 19.3 Å². The molecule has 29 heavy (non-hydrogen) atoms. The van der Waals surface area contributed by atoms with Gasteiger partial charge in [-0.3, -0.25) is 20.2 Å². The summed E-state index contributed by atoms with van der Waals surface area (Å²) in [6.07, 6.45) is 4.13. The van der Waals surface area contributed by atoms with E-state index in [2.05, 4.69) is 25.9 Å². The van der Waals surface area contributed by atoms with Crippen molar-refractivity contribution in [2.24, 2.45) is 5.92 Å². The minimum Gasteiger partial charge on any atom is -0.456 e. The Morgan fingerprint density at radius 1 is 1.03 bits per heavy atom. The van der Waals surface area contributed by atoms with Gasteiger partial charge in [-0.05, 0) is 31.0 Å². The van der Waals surface area contributed by atoms with Crippen molar-refractivity contribution in [1.29, 1.82) is 0 Å². The summed E-state index contributed by atoms with van der Waals surface area (Å²) in [6.45, 7) is 2.43. The Labute approximate surface area is 167 Å². The number of pyridine rings is 2. The largest absolute Gasteiger partial charge is 0.456 e. The number of nitrogens with one attached hydrogen (secondary N) is 3. The quantitative estimate of drug-likeness (QED) is 0.703.